The fourth-order valence-electron chi connectivity index (χ4n) is 6.94. The molecule has 214 valence electrons. The average molecular weight is 622 g/mol. The topological polar surface area (TPSA) is 8.81 Å². The van der Waals surface area contributed by atoms with Gasteiger partial charge in [-0.05, 0) is 10.8 Å². The molecule has 2 heterocycles. The number of rotatable bonds is 3. The zero-order chi connectivity index (χ0) is 30.3. The molecule has 0 N–H and O–H groups in total. The van der Waals surface area contributed by atoms with Gasteiger partial charge in [-0.25, -0.2) is 0 Å². The van der Waals surface area contributed by atoms with Crippen LogP contribution in [0.1, 0.15) is 31.9 Å². The molecule has 0 radical (unpaired) electrons. The molecule has 3 heteroatoms. The van der Waals surface area contributed by atoms with E-state index in [2.05, 4.69) is 164 Å². The van der Waals surface area contributed by atoms with E-state index in [9.17, 15) is 0 Å². The second kappa shape index (κ2) is 9.82. The summed E-state index contributed by atoms with van der Waals surface area (Å²) in [6.45, 7) is 9.25. The number of benzene rings is 5. The average Bonchev–Trinajstić information content (AvgIpc) is 3.30. The number of aryl methyl sites for hydroxylation is 2. The van der Waals surface area contributed by atoms with E-state index in [1.807, 2.05) is 0 Å². The number of hydrogen-bond acceptors (Lipinski definition) is 0. The van der Waals surface area contributed by atoms with Gasteiger partial charge in [0.15, 0.2) is 0 Å². The Hall–Kier alpha value is -3.89. The summed E-state index contributed by atoms with van der Waals surface area (Å²) in [6, 6.07) is 36.7. The summed E-state index contributed by atoms with van der Waals surface area (Å²) in [4.78, 5) is 0. The van der Waals surface area contributed by atoms with Crippen LogP contribution in [0, 0.1) is 6.92 Å². The summed E-state index contributed by atoms with van der Waals surface area (Å²) in [5.74, 6) is 7.43. The smallest absolute Gasteiger partial charge is 0.0616 e. The molecule has 0 amide bonds. The van der Waals surface area contributed by atoms with Crippen LogP contribution in [0.25, 0.3) is 60.3 Å². The molecule has 0 spiro atoms. The Morgan fingerprint density at radius 2 is 1.30 bits per heavy atom. The fraction of sp³-hybridized carbons (Fsp3) is 0.225. The Morgan fingerprint density at radius 1 is 0.651 bits per heavy atom. The molecule has 0 fully saturated rings. The van der Waals surface area contributed by atoms with Crippen molar-refractivity contribution in [2.45, 2.75) is 50.4 Å². The molecule has 0 aliphatic carbocycles. The van der Waals surface area contributed by atoms with E-state index in [1.54, 1.807) is 0 Å². The molecule has 43 heavy (non-hydrogen) atoms. The Morgan fingerprint density at radius 3 is 2.02 bits per heavy atom. The van der Waals surface area contributed by atoms with Crippen molar-refractivity contribution in [1.29, 1.82) is 0 Å². The van der Waals surface area contributed by atoms with Crippen molar-refractivity contribution < 1.29 is 4.57 Å². The first-order valence-electron chi connectivity index (χ1n) is 15.4. The van der Waals surface area contributed by atoms with E-state index in [0.717, 1.165) is 0 Å². The van der Waals surface area contributed by atoms with E-state index < -0.39 is 13.3 Å². The monoisotopic (exact) mass is 623 g/mol. The minimum Gasteiger partial charge on any atom is -0.0616 e. The van der Waals surface area contributed by atoms with Crippen LogP contribution in [-0.2, 0) is 12.5 Å². The minimum absolute atomic E-state index is 0.0324. The Kier molecular flexibility index (Phi) is 6.38. The van der Waals surface area contributed by atoms with Gasteiger partial charge < -0.3 is 0 Å². The third kappa shape index (κ3) is 4.50. The number of para-hydroxylation sites is 1. The molecule has 5 aromatic carbocycles. The van der Waals surface area contributed by atoms with E-state index in [1.165, 1.54) is 75.8 Å². The van der Waals surface area contributed by atoms with Gasteiger partial charge >= 0.3 is 203 Å². The summed E-state index contributed by atoms with van der Waals surface area (Å²) in [6.07, 6.45) is 2.23. The van der Waals surface area contributed by atoms with Crippen LogP contribution in [0.4, 0.5) is 0 Å². The summed E-state index contributed by atoms with van der Waals surface area (Å²) in [5, 5.41) is 7.86. The van der Waals surface area contributed by atoms with E-state index in [4.69, 9.17) is 0 Å². The quantitative estimate of drug-likeness (QED) is 0.137. The first kappa shape index (κ1) is 27.9. The van der Waals surface area contributed by atoms with Crippen molar-refractivity contribution in [2.24, 2.45) is 7.05 Å². The van der Waals surface area contributed by atoms with Crippen molar-refractivity contribution in [3.8, 4) is 16.9 Å². The standard InChI is InChI=1S/C40H41GeN2/c1-26-30-13-9-10-14-32(30)36(40(2,3)4)25-35(26)39-31-20-18-29(23-27(31)21-22-42(39)8)43-37-16-12-11-15-33(37)34-19-17-28(24-38(34)43)41(5,6)7/h9-25H,1-8H3/q+1. The van der Waals surface area contributed by atoms with Crippen LogP contribution < -0.4 is 8.96 Å². The number of aromatic nitrogens is 2. The van der Waals surface area contributed by atoms with Crippen LogP contribution in [0.2, 0.25) is 17.3 Å². The first-order chi connectivity index (χ1) is 20.4. The molecule has 7 rings (SSSR count). The van der Waals surface area contributed by atoms with Gasteiger partial charge in [-0.2, -0.15) is 0 Å². The third-order valence-corrected chi connectivity index (χ3v) is 13.6. The summed E-state index contributed by atoms with van der Waals surface area (Å²) >= 11 is -2.02. The summed E-state index contributed by atoms with van der Waals surface area (Å²) in [7, 11) is 2.18. The molecular weight excluding hydrogens is 581 g/mol. The third-order valence-electron chi connectivity index (χ3n) is 9.30. The van der Waals surface area contributed by atoms with Crippen molar-refractivity contribution in [1.82, 2.24) is 4.57 Å². The van der Waals surface area contributed by atoms with Crippen molar-refractivity contribution in [3.05, 3.63) is 114 Å². The summed E-state index contributed by atoms with van der Waals surface area (Å²) < 4.78 is 6.31. The molecule has 7 aromatic rings. The predicted molar refractivity (Wildman–Crippen MR) is 189 cm³/mol. The molecule has 0 unspecified atom stereocenters. The first-order valence-corrected chi connectivity index (χ1v) is 22.8. The molecule has 0 saturated carbocycles. The molecule has 2 aromatic heterocycles. The van der Waals surface area contributed by atoms with Crippen LogP contribution in [0.3, 0.4) is 0 Å². The molecule has 0 saturated heterocycles. The van der Waals surface area contributed by atoms with Crippen LogP contribution >= 0.6 is 0 Å². The van der Waals surface area contributed by atoms with Crippen molar-refractivity contribution in [3.63, 3.8) is 0 Å². The van der Waals surface area contributed by atoms with Gasteiger partial charge in [0, 0.05) is 0 Å². The van der Waals surface area contributed by atoms with Gasteiger partial charge in [0.2, 0.25) is 0 Å². The van der Waals surface area contributed by atoms with E-state index >= 15 is 0 Å². The Labute approximate surface area is 258 Å². The van der Waals surface area contributed by atoms with E-state index in [0.29, 0.717) is 0 Å². The molecule has 0 aliphatic heterocycles. The van der Waals surface area contributed by atoms with E-state index in [-0.39, 0.29) is 5.41 Å². The van der Waals surface area contributed by atoms with Gasteiger partial charge in [-0.1, -0.05) is 45.0 Å². The van der Waals surface area contributed by atoms with Gasteiger partial charge in [-0.3, -0.25) is 0 Å². The number of pyridine rings is 1. The molecule has 0 bridgehead atoms. The Balaban J connectivity index is 1.50. The van der Waals surface area contributed by atoms with Crippen LogP contribution in [0.15, 0.2) is 103 Å². The number of hydrogen-bond donors (Lipinski definition) is 0. The number of fused-ring (bicyclic) bond motifs is 5. The fourth-order valence-corrected chi connectivity index (χ4v) is 9.36. The zero-order valence-corrected chi connectivity index (χ0v) is 28.8. The van der Waals surface area contributed by atoms with Crippen molar-refractivity contribution >= 4 is 61.0 Å². The molecule has 0 aliphatic rings. The summed E-state index contributed by atoms with van der Waals surface area (Å²) in [5.41, 5.74) is 9.11. The maximum absolute atomic E-state index is 2.48. The number of nitrogens with zero attached hydrogens (tertiary/aromatic N) is 2. The maximum atomic E-state index is 2.48. The normalized spacial score (nSPS) is 12.7. The zero-order valence-electron chi connectivity index (χ0n) is 26.7. The second-order valence-electron chi connectivity index (χ2n) is 14.3. The van der Waals surface area contributed by atoms with Gasteiger partial charge in [0.05, 0.1) is 0 Å². The molecule has 2 nitrogen and oxygen atoms in total. The predicted octanol–water partition coefficient (Wildman–Crippen LogP) is 9.73. The molecular formula is C40H41GeN2+. The molecule has 0 atom stereocenters. The SMILES string of the molecule is Cc1c(-c2c3ccc(-n4c5ccccc5c5cc[c]([Ge]([CH3])([CH3])[CH3])cc54)cc3cc[n+]2C)cc(C(C)(C)C)c2ccccc12. The van der Waals surface area contributed by atoms with Gasteiger partial charge in [0.1, 0.15) is 0 Å². The van der Waals surface area contributed by atoms with Gasteiger partial charge in [0.25, 0.3) is 0 Å². The second-order valence-corrected chi connectivity index (χ2v) is 24.9. The van der Waals surface area contributed by atoms with Crippen LogP contribution in [0.5, 0.6) is 0 Å². The van der Waals surface area contributed by atoms with Crippen molar-refractivity contribution in [2.75, 3.05) is 0 Å². The van der Waals surface area contributed by atoms with Crippen LogP contribution in [-0.4, -0.2) is 17.8 Å². The Bertz CT molecular complexity index is 2220. The minimum atomic E-state index is -2.02. The van der Waals surface area contributed by atoms with Gasteiger partial charge in [-0.15, -0.1) is 0 Å².